The molecule has 0 aliphatic rings. The molecule has 20 heavy (non-hydrogen) atoms. The average Bonchev–Trinajstić information content (AvgIpc) is 2.42. The number of benzene rings is 1. The third-order valence-electron chi connectivity index (χ3n) is 2.45. The van der Waals surface area contributed by atoms with E-state index >= 15 is 0 Å². The van der Waals surface area contributed by atoms with Gasteiger partial charge in [-0.05, 0) is 44.9 Å². The third-order valence-corrected chi connectivity index (χ3v) is 2.45. The van der Waals surface area contributed by atoms with Crippen LogP contribution in [0.5, 0.6) is 11.5 Å². The molecular weight excluding hydrogens is 256 g/mol. The molecule has 0 aliphatic carbocycles. The van der Waals surface area contributed by atoms with Crippen LogP contribution in [0.2, 0.25) is 0 Å². The lowest BCUT2D eigenvalue weighted by atomic mass is 10.2. The van der Waals surface area contributed by atoms with Crippen molar-refractivity contribution < 1.29 is 19.0 Å². The monoisotopic (exact) mass is 280 g/mol. The van der Waals surface area contributed by atoms with Crippen LogP contribution in [0.15, 0.2) is 18.2 Å². The second-order valence-electron chi connectivity index (χ2n) is 4.81. The summed E-state index contributed by atoms with van der Waals surface area (Å²) < 4.78 is 16.4. The van der Waals surface area contributed by atoms with E-state index in [1.165, 1.54) is 0 Å². The van der Waals surface area contributed by atoms with Gasteiger partial charge in [-0.1, -0.05) is 13.8 Å². The maximum atomic E-state index is 12.1. The van der Waals surface area contributed by atoms with Gasteiger partial charge in [0.15, 0.2) is 0 Å². The Hall–Kier alpha value is -1.71. The van der Waals surface area contributed by atoms with E-state index < -0.39 is 0 Å². The summed E-state index contributed by atoms with van der Waals surface area (Å²) in [6.45, 7) is 8.88. The minimum absolute atomic E-state index is 0.165. The Labute approximate surface area is 121 Å². The van der Waals surface area contributed by atoms with Crippen LogP contribution in [0.25, 0.3) is 0 Å². The molecule has 0 aromatic heterocycles. The van der Waals surface area contributed by atoms with Gasteiger partial charge < -0.3 is 14.2 Å². The lowest BCUT2D eigenvalue weighted by molar-refractivity contribution is 0.0373. The van der Waals surface area contributed by atoms with E-state index in [9.17, 15) is 4.79 Å². The van der Waals surface area contributed by atoms with Crippen molar-refractivity contribution in [1.29, 1.82) is 0 Å². The Morgan fingerprint density at radius 1 is 1.10 bits per heavy atom. The van der Waals surface area contributed by atoms with E-state index in [2.05, 4.69) is 0 Å². The molecular formula is C16H24O4. The highest BCUT2D eigenvalue weighted by atomic mass is 16.5. The summed E-state index contributed by atoms with van der Waals surface area (Å²) in [6.07, 6.45) is 1.63. The van der Waals surface area contributed by atoms with Gasteiger partial charge in [0.05, 0.1) is 19.3 Å². The van der Waals surface area contributed by atoms with Crippen molar-refractivity contribution in [1.82, 2.24) is 0 Å². The fourth-order valence-corrected chi connectivity index (χ4v) is 1.59. The lowest BCUT2D eigenvalue weighted by Crippen LogP contribution is -2.13. The van der Waals surface area contributed by atoms with E-state index in [0.717, 1.165) is 12.8 Å². The fraction of sp³-hybridized carbons (Fsp3) is 0.562. The minimum Gasteiger partial charge on any atom is -0.494 e. The van der Waals surface area contributed by atoms with Crippen molar-refractivity contribution >= 4 is 5.97 Å². The summed E-state index contributed by atoms with van der Waals surface area (Å²) in [5.74, 6) is 0.820. The van der Waals surface area contributed by atoms with Crippen molar-refractivity contribution in [2.75, 3.05) is 13.2 Å². The molecule has 0 saturated heterocycles. The molecule has 4 nitrogen and oxygen atoms in total. The Morgan fingerprint density at radius 2 is 1.75 bits per heavy atom. The molecule has 112 valence electrons. The predicted octanol–water partition coefficient (Wildman–Crippen LogP) is 3.83. The van der Waals surface area contributed by atoms with Gasteiger partial charge in [-0.3, -0.25) is 0 Å². The average molecular weight is 280 g/mol. The number of hydrogen-bond acceptors (Lipinski definition) is 4. The van der Waals surface area contributed by atoms with Crippen LogP contribution < -0.4 is 9.47 Å². The van der Waals surface area contributed by atoms with E-state index in [1.807, 2.05) is 33.8 Å². The summed E-state index contributed by atoms with van der Waals surface area (Å²) >= 11 is 0. The zero-order valence-corrected chi connectivity index (χ0v) is 12.8. The van der Waals surface area contributed by atoms with E-state index in [-0.39, 0.29) is 12.1 Å². The fourth-order valence-electron chi connectivity index (χ4n) is 1.59. The van der Waals surface area contributed by atoms with E-state index in [4.69, 9.17) is 14.2 Å². The Kier molecular flexibility index (Phi) is 6.91. The van der Waals surface area contributed by atoms with E-state index in [1.54, 1.807) is 12.1 Å². The highest BCUT2D eigenvalue weighted by Crippen LogP contribution is 2.26. The first-order chi connectivity index (χ1) is 9.58. The molecule has 0 heterocycles. The smallest absolute Gasteiger partial charge is 0.342 e. The van der Waals surface area contributed by atoms with Crippen LogP contribution in [-0.2, 0) is 4.74 Å². The number of carbonyl (C=O) groups is 1. The summed E-state index contributed by atoms with van der Waals surface area (Å²) in [5, 5.41) is 0. The standard InChI is InChI=1S/C16H24O4/c1-5-9-18-13-7-8-15(19-10-6-2)14(11-13)16(17)20-12(3)4/h7-8,11-12H,5-6,9-10H2,1-4H3. The first kappa shape index (κ1) is 16.3. The molecule has 4 heteroatoms. The number of carbonyl (C=O) groups excluding carboxylic acids is 1. The van der Waals surface area contributed by atoms with Gasteiger partial charge in [-0.25, -0.2) is 4.79 Å². The quantitative estimate of drug-likeness (QED) is 0.679. The second kappa shape index (κ2) is 8.46. The molecule has 0 atom stereocenters. The van der Waals surface area contributed by atoms with Crippen LogP contribution in [0, 0.1) is 0 Å². The summed E-state index contributed by atoms with van der Waals surface area (Å²) in [7, 11) is 0. The normalized spacial score (nSPS) is 10.4. The van der Waals surface area contributed by atoms with Gasteiger partial charge in [0, 0.05) is 0 Å². The van der Waals surface area contributed by atoms with Gasteiger partial charge in [0.25, 0.3) is 0 Å². The molecule has 1 aromatic carbocycles. The molecule has 1 aromatic rings. The molecule has 0 spiro atoms. The number of esters is 1. The van der Waals surface area contributed by atoms with Crippen LogP contribution in [0.1, 0.15) is 50.9 Å². The minimum atomic E-state index is -0.381. The van der Waals surface area contributed by atoms with Gasteiger partial charge in [0.1, 0.15) is 17.1 Å². The molecule has 1 rings (SSSR count). The van der Waals surface area contributed by atoms with Crippen molar-refractivity contribution in [3.63, 3.8) is 0 Å². The number of hydrogen-bond donors (Lipinski definition) is 0. The largest absolute Gasteiger partial charge is 0.494 e. The van der Waals surface area contributed by atoms with Crippen molar-refractivity contribution in [3.8, 4) is 11.5 Å². The Morgan fingerprint density at radius 3 is 2.35 bits per heavy atom. The topological polar surface area (TPSA) is 44.8 Å². The zero-order valence-electron chi connectivity index (χ0n) is 12.8. The van der Waals surface area contributed by atoms with Crippen molar-refractivity contribution in [3.05, 3.63) is 23.8 Å². The highest BCUT2D eigenvalue weighted by Gasteiger charge is 2.17. The molecule has 0 unspecified atom stereocenters. The summed E-state index contributed by atoms with van der Waals surface area (Å²) in [5.41, 5.74) is 0.417. The van der Waals surface area contributed by atoms with E-state index in [0.29, 0.717) is 30.3 Å². The van der Waals surface area contributed by atoms with Crippen LogP contribution in [0.3, 0.4) is 0 Å². The molecule has 0 aliphatic heterocycles. The Bertz CT molecular complexity index is 426. The first-order valence-corrected chi connectivity index (χ1v) is 7.19. The lowest BCUT2D eigenvalue weighted by Gasteiger charge is -2.14. The van der Waals surface area contributed by atoms with Gasteiger partial charge >= 0.3 is 5.97 Å². The van der Waals surface area contributed by atoms with Crippen molar-refractivity contribution in [2.24, 2.45) is 0 Å². The van der Waals surface area contributed by atoms with Crippen LogP contribution in [0.4, 0.5) is 0 Å². The van der Waals surface area contributed by atoms with Gasteiger partial charge in [0.2, 0.25) is 0 Å². The number of ether oxygens (including phenoxy) is 3. The van der Waals surface area contributed by atoms with Gasteiger partial charge in [-0.2, -0.15) is 0 Å². The predicted molar refractivity (Wildman–Crippen MR) is 78.6 cm³/mol. The first-order valence-electron chi connectivity index (χ1n) is 7.19. The molecule has 0 bridgehead atoms. The molecule has 0 fully saturated rings. The zero-order chi connectivity index (χ0) is 15.0. The molecule has 0 saturated carbocycles. The SMILES string of the molecule is CCCOc1ccc(OCCC)c(C(=O)OC(C)C)c1. The third kappa shape index (κ3) is 5.11. The second-order valence-corrected chi connectivity index (χ2v) is 4.81. The van der Waals surface area contributed by atoms with Crippen LogP contribution in [-0.4, -0.2) is 25.3 Å². The molecule has 0 radical (unpaired) electrons. The Balaban J connectivity index is 2.95. The van der Waals surface area contributed by atoms with Gasteiger partial charge in [-0.15, -0.1) is 0 Å². The van der Waals surface area contributed by atoms with Crippen molar-refractivity contribution in [2.45, 2.75) is 46.6 Å². The summed E-state index contributed by atoms with van der Waals surface area (Å²) in [6, 6.07) is 5.26. The molecule has 0 N–H and O–H groups in total. The summed E-state index contributed by atoms with van der Waals surface area (Å²) in [4.78, 5) is 12.1. The molecule has 0 amide bonds. The maximum Gasteiger partial charge on any atom is 0.342 e. The highest BCUT2D eigenvalue weighted by molar-refractivity contribution is 5.93. The maximum absolute atomic E-state index is 12.1. The van der Waals surface area contributed by atoms with Crippen LogP contribution >= 0.6 is 0 Å². The number of rotatable bonds is 8.